The minimum atomic E-state index is -0.943. The molecule has 7 heteroatoms. The van der Waals surface area contributed by atoms with Gasteiger partial charge in [-0.2, -0.15) is 0 Å². The van der Waals surface area contributed by atoms with Crippen molar-refractivity contribution < 1.29 is 24.2 Å². The van der Waals surface area contributed by atoms with Crippen molar-refractivity contribution in [1.82, 2.24) is 10.6 Å². The fourth-order valence-electron chi connectivity index (χ4n) is 5.58. The van der Waals surface area contributed by atoms with Crippen LogP contribution < -0.4 is 10.6 Å². The molecule has 2 aliphatic rings. The number of alkyl carbamates (subject to hydrolysis) is 1. The topological polar surface area (TPSA) is 105 Å². The van der Waals surface area contributed by atoms with Crippen LogP contribution in [0.2, 0.25) is 0 Å². The molecule has 2 aromatic carbocycles. The van der Waals surface area contributed by atoms with Crippen molar-refractivity contribution in [3.63, 3.8) is 0 Å². The Labute approximate surface area is 206 Å². The molecule has 0 aliphatic heterocycles. The van der Waals surface area contributed by atoms with Crippen LogP contribution >= 0.6 is 0 Å². The summed E-state index contributed by atoms with van der Waals surface area (Å²) < 4.78 is 5.65. The average molecular weight is 479 g/mol. The standard InChI is InChI=1S/C28H34N2O5/c1-18(14-27(32)33)30-26(31)15-20(19-8-2-3-9-19)16-29-28(34)35-17-25-23-12-6-4-10-21(23)22-11-5-7-13-24(22)25/h4-7,10-13,18-20,25H,2-3,8-9,14-17H2,1H3,(H,29,34)(H,30,31)(H,32,33). The van der Waals surface area contributed by atoms with Crippen LogP contribution in [0.15, 0.2) is 48.5 Å². The number of ether oxygens (including phenoxy) is 1. The lowest BCUT2D eigenvalue weighted by molar-refractivity contribution is -0.137. The molecule has 0 aromatic heterocycles. The highest BCUT2D eigenvalue weighted by Gasteiger charge is 2.30. The van der Waals surface area contributed by atoms with Gasteiger partial charge in [-0.05, 0) is 41.0 Å². The van der Waals surface area contributed by atoms with E-state index in [-0.39, 0.29) is 37.2 Å². The third kappa shape index (κ3) is 6.21. The van der Waals surface area contributed by atoms with Gasteiger partial charge in [-0.3, -0.25) is 9.59 Å². The summed E-state index contributed by atoms with van der Waals surface area (Å²) in [6, 6.07) is 16.0. The first kappa shape index (κ1) is 24.8. The molecule has 7 nitrogen and oxygen atoms in total. The smallest absolute Gasteiger partial charge is 0.407 e. The van der Waals surface area contributed by atoms with Crippen LogP contribution in [-0.4, -0.2) is 42.3 Å². The van der Waals surface area contributed by atoms with Crippen molar-refractivity contribution in [2.45, 2.75) is 57.4 Å². The van der Waals surface area contributed by atoms with Crippen molar-refractivity contribution in [2.75, 3.05) is 13.2 Å². The van der Waals surface area contributed by atoms with Gasteiger partial charge in [0.15, 0.2) is 0 Å². The quantitative estimate of drug-likeness (QED) is 0.459. The van der Waals surface area contributed by atoms with Crippen molar-refractivity contribution >= 4 is 18.0 Å². The Bertz CT molecular complexity index is 1020. The van der Waals surface area contributed by atoms with Crippen LogP contribution in [0.3, 0.4) is 0 Å². The number of benzene rings is 2. The Balaban J connectivity index is 1.32. The normalized spacial score (nSPS) is 16.7. The molecule has 0 bridgehead atoms. The van der Waals surface area contributed by atoms with E-state index in [0.717, 1.165) is 36.8 Å². The van der Waals surface area contributed by atoms with E-state index in [2.05, 4.69) is 34.9 Å². The summed E-state index contributed by atoms with van der Waals surface area (Å²) in [5.41, 5.74) is 4.69. The maximum atomic E-state index is 12.6. The highest BCUT2D eigenvalue weighted by atomic mass is 16.5. The summed E-state index contributed by atoms with van der Waals surface area (Å²) >= 11 is 0. The number of carboxylic acids is 1. The molecule has 0 saturated heterocycles. The lowest BCUT2D eigenvalue weighted by atomic mass is 9.87. The number of hydrogen-bond acceptors (Lipinski definition) is 4. The Morgan fingerprint density at radius 3 is 2.17 bits per heavy atom. The maximum Gasteiger partial charge on any atom is 0.407 e. The molecule has 4 rings (SSSR count). The molecule has 2 atom stereocenters. The van der Waals surface area contributed by atoms with E-state index < -0.39 is 18.1 Å². The molecule has 3 N–H and O–H groups in total. The molecule has 0 spiro atoms. The van der Waals surface area contributed by atoms with Gasteiger partial charge in [-0.15, -0.1) is 0 Å². The van der Waals surface area contributed by atoms with Gasteiger partial charge in [-0.25, -0.2) is 4.79 Å². The van der Waals surface area contributed by atoms with Crippen LogP contribution in [0.4, 0.5) is 4.79 Å². The molecule has 2 unspecified atom stereocenters. The monoisotopic (exact) mass is 478 g/mol. The Morgan fingerprint density at radius 1 is 0.971 bits per heavy atom. The molecular formula is C28H34N2O5. The van der Waals surface area contributed by atoms with Crippen molar-refractivity contribution in [1.29, 1.82) is 0 Å². The summed E-state index contributed by atoms with van der Waals surface area (Å²) in [5, 5.41) is 14.6. The van der Waals surface area contributed by atoms with Gasteiger partial charge in [0.05, 0.1) is 6.42 Å². The molecule has 2 aromatic rings. The predicted octanol–water partition coefficient (Wildman–Crippen LogP) is 4.70. The predicted molar refractivity (Wildman–Crippen MR) is 133 cm³/mol. The summed E-state index contributed by atoms with van der Waals surface area (Å²) in [6.07, 6.45) is 4.00. The lowest BCUT2D eigenvalue weighted by Crippen LogP contribution is -2.39. The Morgan fingerprint density at radius 2 is 1.57 bits per heavy atom. The SMILES string of the molecule is CC(CC(=O)O)NC(=O)CC(CNC(=O)OCC1c2ccccc2-c2ccccc21)C1CCCC1. The van der Waals surface area contributed by atoms with Gasteiger partial charge >= 0.3 is 12.1 Å². The van der Waals surface area contributed by atoms with E-state index >= 15 is 0 Å². The first-order chi connectivity index (χ1) is 16.9. The zero-order chi connectivity index (χ0) is 24.8. The molecule has 1 fully saturated rings. The molecule has 186 valence electrons. The Kier molecular flexibility index (Phi) is 8.06. The van der Waals surface area contributed by atoms with Gasteiger partial charge in [0.2, 0.25) is 5.91 Å². The lowest BCUT2D eigenvalue weighted by Gasteiger charge is -2.24. The van der Waals surface area contributed by atoms with Crippen molar-refractivity contribution in [3.8, 4) is 11.1 Å². The second kappa shape index (κ2) is 11.4. The first-order valence-corrected chi connectivity index (χ1v) is 12.5. The number of carboxylic acid groups (broad SMARTS) is 1. The van der Waals surface area contributed by atoms with E-state index in [1.165, 1.54) is 11.1 Å². The fraction of sp³-hybridized carbons (Fsp3) is 0.464. The second-order valence-electron chi connectivity index (χ2n) is 9.78. The van der Waals surface area contributed by atoms with E-state index in [1.54, 1.807) is 6.92 Å². The summed E-state index contributed by atoms with van der Waals surface area (Å²) in [6.45, 7) is 2.30. The van der Waals surface area contributed by atoms with E-state index in [1.807, 2.05) is 24.3 Å². The minimum Gasteiger partial charge on any atom is -0.481 e. The third-order valence-corrected chi connectivity index (χ3v) is 7.25. The third-order valence-electron chi connectivity index (χ3n) is 7.25. The molecule has 35 heavy (non-hydrogen) atoms. The van der Waals surface area contributed by atoms with Gasteiger partial charge < -0.3 is 20.5 Å². The molecular weight excluding hydrogens is 444 g/mol. The van der Waals surface area contributed by atoms with E-state index in [4.69, 9.17) is 9.84 Å². The molecule has 0 heterocycles. The zero-order valence-electron chi connectivity index (χ0n) is 20.2. The number of rotatable bonds is 10. The Hall–Kier alpha value is -3.35. The number of carbonyl (C=O) groups is 3. The zero-order valence-corrected chi connectivity index (χ0v) is 20.2. The number of aliphatic carboxylic acids is 1. The molecule has 2 amide bonds. The number of nitrogens with one attached hydrogen (secondary N) is 2. The fourth-order valence-corrected chi connectivity index (χ4v) is 5.58. The number of fused-ring (bicyclic) bond motifs is 3. The van der Waals surface area contributed by atoms with Crippen LogP contribution in [-0.2, 0) is 14.3 Å². The highest BCUT2D eigenvalue weighted by molar-refractivity contribution is 5.79. The first-order valence-electron chi connectivity index (χ1n) is 12.5. The van der Waals surface area contributed by atoms with E-state index in [9.17, 15) is 14.4 Å². The maximum absolute atomic E-state index is 12.6. The number of carbonyl (C=O) groups excluding carboxylic acids is 2. The van der Waals surface area contributed by atoms with Gasteiger partial charge in [0, 0.05) is 24.9 Å². The number of amides is 2. The van der Waals surface area contributed by atoms with E-state index in [0.29, 0.717) is 12.5 Å². The van der Waals surface area contributed by atoms with Crippen LogP contribution in [0.1, 0.15) is 62.5 Å². The average Bonchev–Trinajstić information content (AvgIpc) is 3.47. The summed E-state index contributed by atoms with van der Waals surface area (Å²) in [7, 11) is 0. The summed E-state index contributed by atoms with van der Waals surface area (Å²) in [5.74, 6) is -0.758. The van der Waals surface area contributed by atoms with Crippen LogP contribution in [0.5, 0.6) is 0 Å². The van der Waals surface area contributed by atoms with Gasteiger partial charge in [0.25, 0.3) is 0 Å². The molecule has 2 aliphatic carbocycles. The van der Waals surface area contributed by atoms with Crippen molar-refractivity contribution in [3.05, 3.63) is 59.7 Å². The molecule has 0 radical (unpaired) electrons. The number of hydrogen-bond donors (Lipinski definition) is 3. The molecule has 1 saturated carbocycles. The van der Waals surface area contributed by atoms with Crippen LogP contribution in [0.25, 0.3) is 11.1 Å². The summed E-state index contributed by atoms with van der Waals surface area (Å²) in [4.78, 5) is 36.0. The van der Waals surface area contributed by atoms with Gasteiger partial charge in [0.1, 0.15) is 6.61 Å². The van der Waals surface area contributed by atoms with Crippen molar-refractivity contribution in [2.24, 2.45) is 11.8 Å². The van der Waals surface area contributed by atoms with Crippen LogP contribution in [0, 0.1) is 11.8 Å². The largest absolute Gasteiger partial charge is 0.481 e. The highest BCUT2D eigenvalue weighted by Crippen LogP contribution is 2.44. The second-order valence-corrected chi connectivity index (χ2v) is 9.78. The van der Waals surface area contributed by atoms with Gasteiger partial charge in [-0.1, -0.05) is 74.2 Å². The minimum absolute atomic E-state index is 0.000259.